The summed E-state index contributed by atoms with van der Waals surface area (Å²) in [6.45, 7) is 3.32. The van der Waals surface area contributed by atoms with Crippen LogP contribution in [0.4, 0.5) is 5.95 Å². The summed E-state index contributed by atoms with van der Waals surface area (Å²) in [4.78, 5) is 8.35. The lowest BCUT2D eigenvalue weighted by Crippen LogP contribution is -2.31. The van der Waals surface area contributed by atoms with E-state index in [1.54, 1.807) is 48.0 Å². The minimum Gasteiger partial charge on any atom is -0.494 e. The first-order chi connectivity index (χ1) is 17.2. The maximum atomic E-state index is 13.5. The predicted octanol–water partition coefficient (Wildman–Crippen LogP) is 4.31. The molecule has 1 aromatic carbocycles. The average molecular weight is 549 g/mol. The smallest absolute Gasteiger partial charge is 0.243 e. The Morgan fingerprint density at radius 2 is 1.75 bits per heavy atom. The number of hydrogen-bond acceptors (Lipinski definition) is 9. The molecule has 3 heterocycles. The lowest BCUT2D eigenvalue weighted by molar-refractivity contribution is 0.391. The van der Waals surface area contributed by atoms with Crippen LogP contribution < -0.4 is 14.2 Å². The molecule has 190 valence electrons. The zero-order valence-electron chi connectivity index (χ0n) is 20.0. The van der Waals surface area contributed by atoms with Crippen molar-refractivity contribution < 1.29 is 17.9 Å². The SMILES string of the molecule is COc1cccc(OC)c1-n1c(Cc2ccsc2)nnc1NS(=O)(=O)[C@@H](C)[C@H](C)c1ncc(Cl)cn1. The Labute approximate surface area is 218 Å². The normalized spacial score (nSPS) is 13.2. The maximum absolute atomic E-state index is 13.5. The Kier molecular flexibility index (Phi) is 7.76. The number of hydrogen-bond donors (Lipinski definition) is 1. The number of nitrogens with zero attached hydrogens (tertiary/aromatic N) is 5. The molecule has 0 bridgehead atoms. The summed E-state index contributed by atoms with van der Waals surface area (Å²) in [6, 6.07) is 7.27. The van der Waals surface area contributed by atoms with Gasteiger partial charge in [-0.3, -0.25) is 9.29 Å². The highest BCUT2D eigenvalue weighted by molar-refractivity contribution is 7.93. The van der Waals surface area contributed by atoms with Gasteiger partial charge >= 0.3 is 0 Å². The number of anilines is 1. The van der Waals surface area contributed by atoms with Crippen LogP contribution in [0.5, 0.6) is 11.5 Å². The van der Waals surface area contributed by atoms with Crippen LogP contribution in [0.1, 0.15) is 37.0 Å². The van der Waals surface area contributed by atoms with Crippen LogP contribution in [0.15, 0.2) is 47.4 Å². The quantitative estimate of drug-likeness (QED) is 0.311. The van der Waals surface area contributed by atoms with Crippen LogP contribution in [0.25, 0.3) is 5.69 Å². The van der Waals surface area contributed by atoms with E-state index in [1.807, 2.05) is 16.8 Å². The van der Waals surface area contributed by atoms with Crippen molar-refractivity contribution >= 4 is 38.9 Å². The van der Waals surface area contributed by atoms with Crippen molar-refractivity contribution in [2.75, 3.05) is 18.9 Å². The third-order valence-electron chi connectivity index (χ3n) is 5.77. The van der Waals surface area contributed by atoms with Crippen molar-refractivity contribution in [3.05, 3.63) is 69.7 Å². The van der Waals surface area contributed by atoms with E-state index in [-0.39, 0.29) is 5.95 Å². The van der Waals surface area contributed by atoms with Gasteiger partial charge in [0.1, 0.15) is 28.8 Å². The minimum absolute atomic E-state index is 0.0131. The molecule has 10 nitrogen and oxygen atoms in total. The Morgan fingerprint density at radius 1 is 1.08 bits per heavy atom. The summed E-state index contributed by atoms with van der Waals surface area (Å²) in [5, 5.41) is 12.0. The molecular weight excluding hydrogens is 524 g/mol. The molecular formula is C23H25ClN6O4S2. The fourth-order valence-corrected chi connectivity index (χ4v) is 5.61. The van der Waals surface area contributed by atoms with Crippen LogP contribution in [0.2, 0.25) is 5.02 Å². The molecule has 0 saturated heterocycles. The van der Waals surface area contributed by atoms with Crippen LogP contribution in [0.3, 0.4) is 0 Å². The van der Waals surface area contributed by atoms with Gasteiger partial charge in [0, 0.05) is 24.7 Å². The number of sulfonamides is 1. The highest BCUT2D eigenvalue weighted by Gasteiger charge is 2.32. The number of methoxy groups -OCH3 is 2. The molecule has 0 unspecified atom stereocenters. The first-order valence-electron chi connectivity index (χ1n) is 10.9. The van der Waals surface area contributed by atoms with E-state index in [4.69, 9.17) is 21.1 Å². The van der Waals surface area contributed by atoms with Gasteiger partial charge in [-0.2, -0.15) is 11.3 Å². The third kappa shape index (κ3) is 5.30. The van der Waals surface area contributed by atoms with Crippen molar-refractivity contribution in [3.63, 3.8) is 0 Å². The van der Waals surface area contributed by atoms with Gasteiger partial charge in [0.15, 0.2) is 0 Å². The van der Waals surface area contributed by atoms with Crippen LogP contribution in [0, 0.1) is 0 Å². The second-order valence-corrected chi connectivity index (χ2v) is 11.2. The molecule has 0 amide bonds. The summed E-state index contributed by atoms with van der Waals surface area (Å²) in [6.07, 6.45) is 3.30. The molecule has 0 aliphatic heterocycles. The highest BCUT2D eigenvalue weighted by Crippen LogP contribution is 2.36. The minimum atomic E-state index is -3.96. The zero-order valence-corrected chi connectivity index (χ0v) is 22.4. The molecule has 0 saturated carbocycles. The second kappa shape index (κ2) is 10.8. The number of rotatable bonds is 10. The largest absolute Gasteiger partial charge is 0.494 e. The molecule has 3 aromatic heterocycles. The van der Waals surface area contributed by atoms with Gasteiger partial charge in [-0.25, -0.2) is 18.4 Å². The van der Waals surface area contributed by atoms with Crippen molar-refractivity contribution in [3.8, 4) is 17.2 Å². The third-order valence-corrected chi connectivity index (χ3v) is 8.55. The monoisotopic (exact) mass is 548 g/mol. The first-order valence-corrected chi connectivity index (χ1v) is 13.8. The van der Waals surface area contributed by atoms with E-state index in [0.717, 1.165) is 5.56 Å². The molecule has 1 N–H and O–H groups in total. The number of halogens is 1. The number of thiophene rings is 1. The van der Waals surface area contributed by atoms with Gasteiger partial charge < -0.3 is 9.47 Å². The summed E-state index contributed by atoms with van der Waals surface area (Å²) in [7, 11) is -0.898. The standard InChI is InChI=1S/C23H25ClN6O4S2/c1-14(22-25-11-17(24)12-26-22)15(2)36(31,32)29-23-28-27-20(10-16-8-9-35-13-16)30(23)21-18(33-3)6-5-7-19(21)34-4/h5-9,11-15H,10H2,1-4H3,(H,28,29)/t14-,15-/m0/s1. The van der Waals surface area contributed by atoms with Crippen molar-refractivity contribution in [1.29, 1.82) is 0 Å². The summed E-state index contributed by atoms with van der Waals surface area (Å²) in [5.74, 6) is 1.30. The average Bonchev–Trinajstić information content (AvgIpc) is 3.53. The Bertz CT molecular complexity index is 1400. The topological polar surface area (TPSA) is 121 Å². The van der Waals surface area contributed by atoms with Crippen molar-refractivity contribution in [1.82, 2.24) is 24.7 Å². The first kappa shape index (κ1) is 25.9. The van der Waals surface area contributed by atoms with Gasteiger partial charge in [-0.1, -0.05) is 24.6 Å². The lowest BCUT2D eigenvalue weighted by Gasteiger charge is -2.21. The summed E-state index contributed by atoms with van der Waals surface area (Å²) in [5.41, 5.74) is 1.50. The Balaban J connectivity index is 1.76. The van der Waals surface area contributed by atoms with Gasteiger partial charge in [-0.15, -0.1) is 10.2 Å². The van der Waals surface area contributed by atoms with Gasteiger partial charge in [0.25, 0.3) is 0 Å². The summed E-state index contributed by atoms with van der Waals surface area (Å²) >= 11 is 7.44. The number of benzene rings is 1. The molecule has 0 radical (unpaired) electrons. The van der Waals surface area contributed by atoms with Gasteiger partial charge in [0.2, 0.25) is 16.0 Å². The molecule has 13 heteroatoms. The second-order valence-electron chi connectivity index (χ2n) is 8.00. The van der Waals surface area contributed by atoms with E-state index < -0.39 is 21.2 Å². The predicted molar refractivity (Wildman–Crippen MR) is 139 cm³/mol. The van der Waals surface area contributed by atoms with Crippen LogP contribution >= 0.6 is 22.9 Å². The number of ether oxygens (including phenoxy) is 2. The number of aromatic nitrogens is 5. The molecule has 4 rings (SSSR count). The fourth-order valence-electron chi connectivity index (χ4n) is 3.62. The molecule has 0 aliphatic rings. The summed E-state index contributed by atoms with van der Waals surface area (Å²) < 4.78 is 42.3. The molecule has 36 heavy (non-hydrogen) atoms. The fraction of sp³-hybridized carbons (Fsp3) is 0.304. The number of nitrogens with one attached hydrogen (secondary N) is 1. The molecule has 4 aromatic rings. The van der Waals surface area contributed by atoms with Crippen LogP contribution in [-0.2, 0) is 16.4 Å². The molecule has 0 fully saturated rings. The lowest BCUT2D eigenvalue weighted by atomic mass is 10.1. The maximum Gasteiger partial charge on any atom is 0.243 e. The van der Waals surface area contributed by atoms with E-state index >= 15 is 0 Å². The van der Waals surface area contributed by atoms with Crippen LogP contribution in [-0.4, -0.2) is 52.6 Å². The van der Waals surface area contributed by atoms with Crippen molar-refractivity contribution in [2.45, 2.75) is 31.4 Å². The zero-order chi connectivity index (χ0) is 25.9. The van der Waals surface area contributed by atoms with E-state index in [1.165, 1.54) is 26.6 Å². The molecule has 2 atom stereocenters. The Hall–Kier alpha value is -3.22. The van der Waals surface area contributed by atoms with Gasteiger partial charge in [-0.05, 0) is 41.4 Å². The van der Waals surface area contributed by atoms with E-state index in [9.17, 15) is 8.42 Å². The highest BCUT2D eigenvalue weighted by atomic mass is 35.5. The van der Waals surface area contributed by atoms with E-state index in [2.05, 4.69) is 24.9 Å². The van der Waals surface area contributed by atoms with Crippen molar-refractivity contribution in [2.24, 2.45) is 0 Å². The van der Waals surface area contributed by atoms with Gasteiger partial charge in [0.05, 0.1) is 24.5 Å². The molecule has 0 aliphatic carbocycles. The number of para-hydroxylation sites is 1. The molecule has 0 spiro atoms. The van der Waals surface area contributed by atoms with E-state index in [0.29, 0.717) is 40.3 Å². The Morgan fingerprint density at radius 3 is 2.33 bits per heavy atom.